The number of amides is 2. The van der Waals surface area contributed by atoms with Crippen molar-refractivity contribution in [3.05, 3.63) is 18.0 Å². The predicted molar refractivity (Wildman–Crippen MR) is 64.3 cm³/mol. The molecule has 7 nitrogen and oxygen atoms in total. The van der Waals surface area contributed by atoms with Gasteiger partial charge in [0.1, 0.15) is 12.1 Å². The molecule has 0 saturated carbocycles. The van der Waals surface area contributed by atoms with E-state index in [1.165, 1.54) is 0 Å². The zero-order chi connectivity index (χ0) is 13.1. The second-order valence-electron chi connectivity index (χ2n) is 4.42. The molecule has 2 rings (SSSR count). The van der Waals surface area contributed by atoms with Gasteiger partial charge in [-0.15, -0.1) is 0 Å². The predicted octanol–water partition coefficient (Wildman–Crippen LogP) is -1.19. The van der Waals surface area contributed by atoms with Gasteiger partial charge in [-0.25, -0.2) is 0 Å². The number of hydrogen-bond acceptors (Lipinski definition) is 4. The molecule has 2 heterocycles. The highest BCUT2D eigenvalue weighted by Crippen LogP contribution is 2.10. The molecule has 1 aromatic rings. The molecule has 2 atom stereocenters. The van der Waals surface area contributed by atoms with Gasteiger partial charge in [0.2, 0.25) is 11.8 Å². The maximum atomic E-state index is 11.9. The number of aryl methyl sites for hydroxylation is 1. The number of carbonyl (C=O) groups excluding carboxylic acids is 2. The number of piperidine rings is 1. The van der Waals surface area contributed by atoms with E-state index in [0.717, 1.165) is 6.42 Å². The number of aromatic nitrogens is 2. The third-order valence-corrected chi connectivity index (χ3v) is 2.97. The molecule has 1 aliphatic heterocycles. The molecule has 1 fully saturated rings. The lowest BCUT2D eigenvalue weighted by molar-refractivity contribution is -0.130. The zero-order valence-corrected chi connectivity index (χ0v) is 10.2. The fourth-order valence-corrected chi connectivity index (χ4v) is 1.92. The van der Waals surface area contributed by atoms with Crippen molar-refractivity contribution in [2.45, 2.75) is 24.9 Å². The van der Waals surface area contributed by atoms with Crippen LogP contribution >= 0.6 is 0 Å². The highest BCUT2D eigenvalue weighted by molar-refractivity contribution is 5.90. The molecule has 18 heavy (non-hydrogen) atoms. The molecule has 7 heteroatoms. The van der Waals surface area contributed by atoms with Gasteiger partial charge in [-0.1, -0.05) is 0 Å². The number of rotatable bonds is 3. The fourth-order valence-electron chi connectivity index (χ4n) is 1.92. The van der Waals surface area contributed by atoms with E-state index in [0.29, 0.717) is 18.5 Å². The Bertz CT molecular complexity index is 456. The van der Waals surface area contributed by atoms with Crippen LogP contribution in [-0.2, 0) is 16.6 Å². The second kappa shape index (κ2) is 5.18. The Kier molecular flexibility index (Phi) is 3.61. The van der Waals surface area contributed by atoms with E-state index in [2.05, 4.69) is 15.7 Å². The molecular formula is C11H17N5O2. The fraction of sp³-hybridized carbons (Fsp3) is 0.545. The maximum absolute atomic E-state index is 11.9. The van der Waals surface area contributed by atoms with Gasteiger partial charge in [-0.3, -0.25) is 14.3 Å². The van der Waals surface area contributed by atoms with Gasteiger partial charge < -0.3 is 16.4 Å². The summed E-state index contributed by atoms with van der Waals surface area (Å²) < 4.78 is 1.58. The third-order valence-electron chi connectivity index (χ3n) is 2.97. The summed E-state index contributed by atoms with van der Waals surface area (Å²) in [5.41, 5.74) is 6.45. The van der Waals surface area contributed by atoms with Gasteiger partial charge >= 0.3 is 0 Å². The van der Waals surface area contributed by atoms with Gasteiger partial charge in [-0.05, 0) is 12.8 Å². The second-order valence-corrected chi connectivity index (χ2v) is 4.42. The SMILES string of the molecule is Cn1cc(C(N)C(=O)NC2CCCNC2=O)cn1. The van der Waals surface area contributed by atoms with E-state index in [1.807, 2.05) is 0 Å². The summed E-state index contributed by atoms with van der Waals surface area (Å²) in [5, 5.41) is 9.33. The Hall–Kier alpha value is -1.89. The topological polar surface area (TPSA) is 102 Å². The van der Waals surface area contributed by atoms with E-state index in [1.54, 1.807) is 24.1 Å². The molecule has 98 valence electrons. The van der Waals surface area contributed by atoms with E-state index in [4.69, 9.17) is 5.73 Å². The Morgan fingerprint density at radius 1 is 1.72 bits per heavy atom. The smallest absolute Gasteiger partial charge is 0.242 e. The van der Waals surface area contributed by atoms with Crippen LogP contribution < -0.4 is 16.4 Å². The van der Waals surface area contributed by atoms with E-state index in [-0.39, 0.29) is 11.8 Å². The number of nitrogens with two attached hydrogens (primary N) is 1. The van der Waals surface area contributed by atoms with Crippen LogP contribution in [0.15, 0.2) is 12.4 Å². The van der Waals surface area contributed by atoms with Crippen molar-refractivity contribution in [1.82, 2.24) is 20.4 Å². The lowest BCUT2D eigenvalue weighted by Crippen LogP contribution is -2.52. The first-order valence-corrected chi connectivity index (χ1v) is 5.90. The molecule has 4 N–H and O–H groups in total. The molecular weight excluding hydrogens is 234 g/mol. The van der Waals surface area contributed by atoms with E-state index >= 15 is 0 Å². The third kappa shape index (κ3) is 2.67. The first-order valence-electron chi connectivity index (χ1n) is 5.90. The minimum absolute atomic E-state index is 0.145. The molecule has 0 radical (unpaired) electrons. The number of nitrogens with zero attached hydrogens (tertiary/aromatic N) is 2. The summed E-state index contributed by atoms with van der Waals surface area (Å²) in [6.45, 7) is 0.667. The average molecular weight is 251 g/mol. The van der Waals surface area contributed by atoms with Crippen LogP contribution in [0.1, 0.15) is 24.4 Å². The summed E-state index contributed by atoms with van der Waals surface area (Å²) in [6.07, 6.45) is 4.74. The molecule has 0 bridgehead atoms. The lowest BCUT2D eigenvalue weighted by atomic mass is 10.1. The van der Waals surface area contributed by atoms with Crippen LogP contribution in [-0.4, -0.2) is 34.2 Å². The van der Waals surface area contributed by atoms with Gasteiger partial charge in [0.25, 0.3) is 0 Å². The van der Waals surface area contributed by atoms with Crippen LogP contribution in [0.5, 0.6) is 0 Å². The van der Waals surface area contributed by atoms with E-state index < -0.39 is 12.1 Å². The summed E-state index contributed by atoms with van der Waals surface area (Å²) >= 11 is 0. The summed E-state index contributed by atoms with van der Waals surface area (Å²) in [5.74, 6) is -0.502. The number of nitrogens with one attached hydrogen (secondary N) is 2. The highest BCUT2D eigenvalue weighted by atomic mass is 16.2. The zero-order valence-electron chi connectivity index (χ0n) is 10.2. The number of carbonyl (C=O) groups is 2. The van der Waals surface area contributed by atoms with Crippen LogP contribution in [0, 0.1) is 0 Å². The van der Waals surface area contributed by atoms with Gasteiger partial charge in [-0.2, -0.15) is 5.10 Å². The van der Waals surface area contributed by atoms with Crippen molar-refractivity contribution in [3.8, 4) is 0 Å². The van der Waals surface area contributed by atoms with Gasteiger partial charge in [0.05, 0.1) is 6.20 Å². The first-order chi connectivity index (χ1) is 8.58. The van der Waals surface area contributed by atoms with Crippen molar-refractivity contribution >= 4 is 11.8 Å². The summed E-state index contributed by atoms with van der Waals surface area (Å²) in [4.78, 5) is 23.4. The van der Waals surface area contributed by atoms with Crippen molar-refractivity contribution < 1.29 is 9.59 Å². The van der Waals surface area contributed by atoms with Crippen LogP contribution in [0.4, 0.5) is 0 Å². The Balaban J connectivity index is 1.97. The molecule has 0 spiro atoms. The number of hydrogen-bond donors (Lipinski definition) is 3. The lowest BCUT2D eigenvalue weighted by Gasteiger charge is -2.23. The molecule has 1 aromatic heterocycles. The van der Waals surface area contributed by atoms with Crippen molar-refractivity contribution in [1.29, 1.82) is 0 Å². The Labute approximate surface area is 105 Å². The first kappa shape index (κ1) is 12.6. The summed E-state index contributed by atoms with van der Waals surface area (Å²) in [6, 6.07) is -1.28. The van der Waals surface area contributed by atoms with Crippen molar-refractivity contribution in [3.63, 3.8) is 0 Å². The maximum Gasteiger partial charge on any atom is 0.242 e. The minimum Gasteiger partial charge on any atom is -0.354 e. The Morgan fingerprint density at radius 2 is 2.50 bits per heavy atom. The minimum atomic E-state index is -0.798. The highest BCUT2D eigenvalue weighted by Gasteiger charge is 2.26. The van der Waals surface area contributed by atoms with Crippen molar-refractivity contribution in [2.24, 2.45) is 12.8 Å². The van der Waals surface area contributed by atoms with E-state index in [9.17, 15) is 9.59 Å². The molecule has 2 unspecified atom stereocenters. The largest absolute Gasteiger partial charge is 0.354 e. The molecule has 1 saturated heterocycles. The van der Waals surface area contributed by atoms with Crippen LogP contribution in [0.2, 0.25) is 0 Å². The normalized spacial score (nSPS) is 21.2. The van der Waals surface area contributed by atoms with Crippen LogP contribution in [0.25, 0.3) is 0 Å². The van der Waals surface area contributed by atoms with Crippen LogP contribution in [0.3, 0.4) is 0 Å². The van der Waals surface area contributed by atoms with Gasteiger partial charge in [0.15, 0.2) is 0 Å². The van der Waals surface area contributed by atoms with Gasteiger partial charge in [0, 0.05) is 25.4 Å². The monoisotopic (exact) mass is 251 g/mol. The standard InChI is InChI=1S/C11H17N5O2/c1-16-6-7(5-14-16)9(12)11(18)15-8-3-2-4-13-10(8)17/h5-6,8-9H,2-4,12H2,1H3,(H,13,17)(H,15,18). The Morgan fingerprint density at radius 3 is 3.11 bits per heavy atom. The summed E-state index contributed by atoms with van der Waals surface area (Å²) in [7, 11) is 1.75. The molecule has 0 aliphatic carbocycles. The quantitative estimate of drug-likeness (QED) is 0.629. The average Bonchev–Trinajstić information content (AvgIpc) is 2.78. The molecule has 0 aromatic carbocycles. The molecule has 2 amide bonds. The van der Waals surface area contributed by atoms with Crippen molar-refractivity contribution in [2.75, 3.05) is 6.54 Å². The molecule has 1 aliphatic rings.